The molecule has 272 valence electrons. The summed E-state index contributed by atoms with van der Waals surface area (Å²) >= 11 is 0. The molecule has 0 bridgehead atoms. The van der Waals surface area contributed by atoms with Crippen molar-refractivity contribution in [3.05, 3.63) is 206 Å². The first-order valence-electron chi connectivity index (χ1n) is 19.7. The SMILES string of the molecule is Cc1ccc(-c2ccccc2)cc1-c1cc(-c2ccccc2)ccc1-c1cccc2c1oc1cc(-c3ccc4ccc5ccc(-c6ccccc6)nc5c4n3)ccc12. The molecule has 0 unspecified atom stereocenters. The van der Waals surface area contributed by atoms with Gasteiger partial charge in [0.2, 0.25) is 0 Å². The van der Waals surface area contributed by atoms with E-state index in [0.29, 0.717) is 0 Å². The summed E-state index contributed by atoms with van der Waals surface area (Å²) in [5, 5.41) is 4.28. The third kappa shape index (κ3) is 5.84. The van der Waals surface area contributed by atoms with Gasteiger partial charge in [-0.1, -0.05) is 164 Å². The summed E-state index contributed by atoms with van der Waals surface area (Å²) in [7, 11) is 0. The number of benzene rings is 8. The second-order valence-electron chi connectivity index (χ2n) is 15.0. The van der Waals surface area contributed by atoms with Gasteiger partial charge in [0.25, 0.3) is 0 Å². The van der Waals surface area contributed by atoms with Crippen molar-refractivity contribution in [2.45, 2.75) is 6.92 Å². The van der Waals surface area contributed by atoms with E-state index in [2.05, 4.69) is 189 Å². The van der Waals surface area contributed by atoms with E-state index >= 15 is 0 Å². The number of nitrogens with zero attached hydrogens (tertiary/aromatic N) is 2. The van der Waals surface area contributed by atoms with E-state index in [1.54, 1.807) is 0 Å². The van der Waals surface area contributed by atoms with E-state index in [9.17, 15) is 0 Å². The van der Waals surface area contributed by atoms with Crippen LogP contribution in [0.4, 0.5) is 0 Å². The molecule has 0 saturated carbocycles. The zero-order valence-electron chi connectivity index (χ0n) is 31.9. The lowest BCUT2D eigenvalue weighted by atomic mass is 9.87. The van der Waals surface area contributed by atoms with Gasteiger partial charge in [-0.2, -0.15) is 0 Å². The van der Waals surface area contributed by atoms with E-state index in [4.69, 9.17) is 14.4 Å². The molecule has 58 heavy (non-hydrogen) atoms. The molecular formula is C55H36N2O. The van der Waals surface area contributed by atoms with Crippen molar-refractivity contribution in [2.24, 2.45) is 0 Å². The summed E-state index contributed by atoms with van der Waals surface area (Å²) in [6.07, 6.45) is 0. The lowest BCUT2D eigenvalue weighted by Crippen LogP contribution is -1.92. The van der Waals surface area contributed by atoms with Gasteiger partial charge in [-0.3, -0.25) is 0 Å². The standard InChI is InChI=1S/C55H36N2O/c1-35-20-21-41(36-12-5-2-6-13-36)32-48(35)49-33-42(37-14-7-3-8-15-37)24-28-44(49)46-18-11-19-47-45-29-25-43(34-52(45)58-55(46)47)51-31-27-40-23-22-39-26-30-50(38-16-9-4-10-17-38)56-53(39)54(40)57-51/h2-34H,1H3. The van der Waals surface area contributed by atoms with E-state index in [-0.39, 0.29) is 0 Å². The Labute approximate surface area is 336 Å². The monoisotopic (exact) mass is 740 g/mol. The molecule has 0 amide bonds. The first-order valence-corrected chi connectivity index (χ1v) is 19.7. The summed E-state index contributed by atoms with van der Waals surface area (Å²) in [4.78, 5) is 10.4. The molecule has 8 aromatic carbocycles. The molecule has 0 fully saturated rings. The second-order valence-corrected chi connectivity index (χ2v) is 15.0. The number of hydrogen-bond acceptors (Lipinski definition) is 3. The summed E-state index contributed by atoms with van der Waals surface area (Å²) in [5.74, 6) is 0. The van der Waals surface area contributed by atoms with Crippen LogP contribution in [0.2, 0.25) is 0 Å². The fourth-order valence-corrected chi connectivity index (χ4v) is 8.40. The van der Waals surface area contributed by atoms with Gasteiger partial charge in [0, 0.05) is 38.2 Å². The van der Waals surface area contributed by atoms with Gasteiger partial charge in [0.1, 0.15) is 11.2 Å². The number of aromatic nitrogens is 2. The predicted octanol–water partition coefficient (Wildman–Crippen LogP) is 15.0. The second kappa shape index (κ2) is 13.8. The number of fused-ring (bicyclic) bond motifs is 6. The Bertz CT molecular complexity index is 3330. The molecule has 0 aliphatic rings. The third-order valence-electron chi connectivity index (χ3n) is 11.4. The zero-order valence-corrected chi connectivity index (χ0v) is 31.9. The first-order chi connectivity index (χ1) is 28.6. The number of pyridine rings is 2. The summed E-state index contributed by atoms with van der Waals surface area (Å²) < 4.78 is 6.91. The Balaban J connectivity index is 1.06. The van der Waals surface area contributed by atoms with Gasteiger partial charge in [0.05, 0.1) is 22.4 Å². The van der Waals surface area contributed by atoms with E-state index < -0.39 is 0 Å². The Morgan fingerprint density at radius 2 is 0.897 bits per heavy atom. The van der Waals surface area contributed by atoms with Crippen LogP contribution in [0.5, 0.6) is 0 Å². The molecule has 3 heteroatoms. The average Bonchev–Trinajstić information content (AvgIpc) is 3.68. The van der Waals surface area contributed by atoms with Crippen LogP contribution in [0, 0.1) is 6.92 Å². The van der Waals surface area contributed by atoms with Gasteiger partial charge >= 0.3 is 0 Å². The quantitative estimate of drug-likeness (QED) is 0.159. The van der Waals surface area contributed by atoms with Crippen LogP contribution in [0.1, 0.15) is 5.56 Å². The maximum absolute atomic E-state index is 6.91. The first kappa shape index (κ1) is 33.7. The molecule has 0 radical (unpaired) electrons. The highest BCUT2D eigenvalue weighted by Crippen LogP contribution is 2.43. The number of aryl methyl sites for hydroxylation is 1. The Kier molecular flexibility index (Phi) is 8.04. The maximum atomic E-state index is 6.91. The molecule has 0 N–H and O–H groups in total. The molecule has 0 atom stereocenters. The van der Waals surface area contributed by atoms with Crippen LogP contribution in [-0.4, -0.2) is 9.97 Å². The van der Waals surface area contributed by atoms with Gasteiger partial charge < -0.3 is 4.42 Å². The highest BCUT2D eigenvalue weighted by molar-refractivity contribution is 6.12. The Morgan fingerprint density at radius 1 is 0.345 bits per heavy atom. The predicted molar refractivity (Wildman–Crippen MR) is 242 cm³/mol. The van der Waals surface area contributed by atoms with Crippen molar-refractivity contribution in [2.75, 3.05) is 0 Å². The average molecular weight is 741 g/mol. The molecule has 3 nitrogen and oxygen atoms in total. The Morgan fingerprint density at radius 3 is 1.55 bits per heavy atom. The van der Waals surface area contributed by atoms with Crippen molar-refractivity contribution in [1.82, 2.24) is 9.97 Å². The Hall–Kier alpha value is -7.62. The van der Waals surface area contributed by atoms with Gasteiger partial charge in [-0.05, 0) is 87.8 Å². The van der Waals surface area contributed by atoms with Crippen molar-refractivity contribution in [3.8, 4) is 67.0 Å². The minimum atomic E-state index is 0.828. The highest BCUT2D eigenvalue weighted by Gasteiger charge is 2.19. The molecular weight excluding hydrogens is 705 g/mol. The fraction of sp³-hybridized carbons (Fsp3) is 0.0182. The van der Waals surface area contributed by atoms with Crippen molar-refractivity contribution < 1.29 is 4.42 Å². The summed E-state index contributed by atoms with van der Waals surface area (Å²) in [6.45, 7) is 2.20. The lowest BCUT2D eigenvalue weighted by molar-refractivity contribution is 0.670. The highest BCUT2D eigenvalue weighted by atomic mass is 16.3. The van der Waals surface area contributed by atoms with E-state index in [1.807, 2.05) is 18.2 Å². The lowest BCUT2D eigenvalue weighted by Gasteiger charge is -2.16. The maximum Gasteiger partial charge on any atom is 0.143 e. The molecule has 0 saturated heterocycles. The molecule has 3 aromatic heterocycles. The third-order valence-corrected chi connectivity index (χ3v) is 11.4. The van der Waals surface area contributed by atoms with Crippen LogP contribution >= 0.6 is 0 Å². The minimum absolute atomic E-state index is 0.828. The molecule has 11 rings (SSSR count). The largest absolute Gasteiger partial charge is 0.455 e. The topological polar surface area (TPSA) is 38.9 Å². The molecule has 0 aliphatic carbocycles. The molecule has 3 heterocycles. The van der Waals surface area contributed by atoms with Crippen LogP contribution in [0.15, 0.2) is 205 Å². The van der Waals surface area contributed by atoms with E-state index in [1.165, 1.54) is 38.9 Å². The van der Waals surface area contributed by atoms with Crippen LogP contribution in [-0.2, 0) is 0 Å². The van der Waals surface area contributed by atoms with E-state index in [0.717, 1.165) is 77.4 Å². The number of para-hydroxylation sites is 1. The van der Waals surface area contributed by atoms with Crippen LogP contribution in [0.25, 0.3) is 111 Å². The minimum Gasteiger partial charge on any atom is -0.455 e. The number of hydrogen-bond donors (Lipinski definition) is 0. The number of rotatable bonds is 6. The van der Waals surface area contributed by atoms with Crippen molar-refractivity contribution >= 4 is 43.7 Å². The number of furan rings is 1. The van der Waals surface area contributed by atoms with Gasteiger partial charge in [-0.15, -0.1) is 0 Å². The van der Waals surface area contributed by atoms with Crippen LogP contribution < -0.4 is 0 Å². The summed E-state index contributed by atoms with van der Waals surface area (Å²) in [5.41, 5.74) is 17.9. The zero-order chi connectivity index (χ0) is 38.6. The van der Waals surface area contributed by atoms with Crippen LogP contribution in [0.3, 0.4) is 0 Å². The molecule has 11 aromatic rings. The van der Waals surface area contributed by atoms with Gasteiger partial charge in [-0.25, -0.2) is 9.97 Å². The molecule has 0 aliphatic heterocycles. The van der Waals surface area contributed by atoms with Gasteiger partial charge in [0.15, 0.2) is 0 Å². The van der Waals surface area contributed by atoms with Crippen molar-refractivity contribution in [3.63, 3.8) is 0 Å². The smallest absolute Gasteiger partial charge is 0.143 e. The summed E-state index contributed by atoms with van der Waals surface area (Å²) in [6, 6.07) is 70.8. The normalized spacial score (nSPS) is 11.5. The fourth-order valence-electron chi connectivity index (χ4n) is 8.40. The molecule has 0 spiro atoms. The van der Waals surface area contributed by atoms with Crippen molar-refractivity contribution in [1.29, 1.82) is 0 Å².